The predicted molar refractivity (Wildman–Crippen MR) is 85.7 cm³/mol. The summed E-state index contributed by atoms with van der Waals surface area (Å²) < 4.78 is 25.8. The number of alkyl halides is 2. The molecule has 0 fully saturated rings. The molecule has 1 atom stereocenters. The van der Waals surface area contributed by atoms with Gasteiger partial charge in [0.25, 0.3) is 12.3 Å². The van der Waals surface area contributed by atoms with Crippen LogP contribution in [0, 0.1) is 0 Å². The Morgan fingerprint density at radius 1 is 1.30 bits per heavy atom. The number of rotatable bonds is 5. The molecule has 1 amide bonds. The Morgan fingerprint density at radius 3 is 2.35 bits per heavy atom. The predicted octanol–water partition coefficient (Wildman–Crippen LogP) is 4.75. The molecule has 0 saturated carbocycles. The molecule has 0 aliphatic carbocycles. The molecule has 23 heavy (non-hydrogen) atoms. The van der Waals surface area contributed by atoms with Crippen LogP contribution in [0.25, 0.3) is 0 Å². The van der Waals surface area contributed by atoms with Crippen molar-refractivity contribution in [1.29, 1.82) is 0 Å². The maximum atomic E-state index is 12.9. The number of nitrogens with one attached hydrogen (secondary N) is 1. The van der Waals surface area contributed by atoms with Gasteiger partial charge in [-0.3, -0.25) is 9.89 Å². The number of carbonyl (C=O) groups excluding carboxylic acids is 1. The lowest BCUT2D eigenvalue weighted by Crippen LogP contribution is -2.16. The van der Waals surface area contributed by atoms with Gasteiger partial charge in [-0.05, 0) is 24.1 Å². The van der Waals surface area contributed by atoms with E-state index in [4.69, 9.17) is 40.5 Å². The maximum absolute atomic E-state index is 12.9. The van der Waals surface area contributed by atoms with E-state index < -0.39 is 23.9 Å². The largest absolute Gasteiger partial charge is 0.365 e. The molecule has 0 saturated heterocycles. The van der Waals surface area contributed by atoms with Crippen LogP contribution in [0.5, 0.6) is 0 Å². The minimum Gasteiger partial charge on any atom is -0.365 e. The normalized spacial score (nSPS) is 12.7. The van der Waals surface area contributed by atoms with Crippen molar-refractivity contribution in [3.05, 3.63) is 49.7 Å². The zero-order chi connectivity index (χ0) is 17.3. The molecular formula is C14H12Cl3F2N3O. The second-order valence-electron chi connectivity index (χ2n) is 5.02. The number of aromatic amines is 1. The molecular weight excluding hydrogens is 371 g/mol. The summed E-state index contributed by atoms with van der Waals surface area (Å²) in [6, 6.07) is 3.06. The zero-order valence-corrected chi connectivity index (χ0v) is 14.1. The molecule has 2 rings (SSSR count). The Balaban J connectivity index is 2.39. The monoisotopic (exact) mass is 381 g/mol. The lowest BCUT2D eigenvalue weighted by atomic mass is 9.94. The van der Waals surface area contributed by atoms with Crippen LogP contribution in [-0.2, 0) is 6.42 Å². The summed E-state index contributed by atoms with van der Waals surface area (Å²) in [4.78, 5) is 11.5. The molecule has 0 bridgehead atoms. The molecule has 1 aromatic carbocycles. The number of nitrogens with two attached hydrogens (primary N) is 1. The van der Waals surface area contributed by atoms with Crippen molar-refractivity contribution in [2.45, 2.75) is 25.7 Å². The van der Waals surface area contributed by atoms with E-state index >= 15 is 0 Å². The zero-order valence-electron chi connectivity index (χ0n) is 11.8. The van der Waals surface area contributed by atoms with E-state index in [0.717, 1.165) is 0 Å². The highest BCUT2D eigenvalue weighted by Crippen LogP contribution is 2.34. The van der Waals surface area contributed by atoms with Gasteiger partial charge in [0.15, 0.2) is 0 Å². The third-order valence-corrected chi connectivity index (χ3v) is 4.28. The smallest absolute Gasteiger partial charge is 0.282 e. The van der Waals surface area contributed by atoms with E-state index in [1.54, 1.807) is 6.92 Å². The number of hydrogen-bond donors (Lipinski definition) is 2. The van der Waals surface area contributed by atoms with Gasteiger partial charge in [0.05, 0.1) is 11.3 Å². The molecule has 1 heterocycles. The Kier molecular flexibility index (Phi) is 5.49. The quantitative estimate of drug-likeness (QED) is 0.783. The van der Waals surface area contributed by atoms with Crippen LogP contribution in [-0.4, -0.2) is 16.1 Å². The molecule has 124 valence electrons. The van der Waals surface area contributed by atoms with Gasteiger partial charge < -0.3 is 5.73 Å². The Labute approximate surface area is 145 Å². The summed E-state index contributed by atoms with van der Waals surface area (Å²) in [7, 11) is 0. The lowest BCUT2D eigenvalue weighted by molar-refractivity contribution is 0.0983. The highest BCUT2D eigenvalue weighted by atomic mass is 35.5. The van der Waals surface area contributed by atoms with Crippen molar-refractivity contribution >= 4 is 40.7 Å². The second kappa shape index (κ2) is 7.03. The third kappa shape index (κ3) is 3.76. The van der Waals surface area contributed by atoms with Crippen molar-refractivity contribution in [1.82, 2.24) is 10.2 Å². The van der Waals surface area contributed by atoms with Crippen LogP contribution in [0.1, 0.15) is 46.6 Å². The number of halogens is 5. The fraction of sp³-hybridized carbons (Fsp3) is 0.286. The molecule has 2 aromatic rings. The van der Waals surface area contributed by atoms with E-state index in [0.29, 0.717) is 27.1 Å². The number of carbonyl (C=O) groups is 1. The van der Waals surface area contributed by atoms with E-state index in [-0.39, 0.29) is 11.3 Å². The summed E-state index contributed by atoms with van der Waals surface area (Å²) in [6.45, 7) is 1.72. The highest BCUT2D eigenvalue weighted by molar-refractivity contribution is 6.39. The summed E-state index contributed by atoms with van der Waals surface area (Å²) >= 11 is 18.1. The van der Waals surface area contributed by atoms with Gasteiger partial charge in [-0.25, -0.2) is 8.78 Å². The molecule has 0 aliphatic heterocycles. The van der Waals surface area contributed by atoms with Gasteiger partial charge in [0.1, 0.15) is 5.69 Å². The molecule has 3 N–H and O–H groups in total. The van der Waals surface area contributed by atoms with Gasteiger partial charge in [-0.2, -0.15) is 5.10 Å². The highest BCUT2D eigenvalue weighted by Gasteiger charge is 2.27. The van der Waals surface area contributed by atoms with Gasteiger partial charge >= 0.3 is 0 Å². The van der Waals surface area contributed by atoms with Crippen molar-refractivity contribution in [3.8, 4) is 0 Å². The molecule has 4 nitrogen and oxygen atoms in total. The Bertz CT molecular complexity index is 726. The summed E-state index contributed by atoms with van der Waals surface area (Å²) in [5.41, 5.74) is 5.06. The average molecular weight is 383 g/mol. The molecule has 0 aliphatic rings. The van der Waals surface area contributed by atoms with Crippen LogP contribution in [0.3, 0.4) is 0 Å². The van der Waals surface area contributed by atoms with Gasteiger partial charge in [-0.15, -0.1) is 0 Å². The summed E-state index contributed by atoms with van der Waals surface area (Å²) in [5, 5.41) is 7.05. The molecule has 1 aromatic heterocycles. The maximum Gasteiger partial charge on any atom is 0.282 e. The van der Waals surface area contributed by atoms with Crippen LogP contribution in [0.2, 0.25) is 15.1 Å². The van der Waals surface area contributed by atoms with Crippen molar-refractivity contribution in [3.63, 3.8) is 0 Å². The number of primary amides is 1. The molecule has 0 radical (unpaired) electrons. The first kappa shape index (κ1) is 18.0. The fourth-order valence-electron chi connectivity index (χ4n) is 2.32. The number of benzene rings is 1. The van der Waals surface area contributed by atoms with Gasteiger partial charge in [0, 0.05) is 21.0 Å². The second-order valence-corrected chi connectivity index (χ2v) is 6.27. The number of aromatic nitrogens is 2. The minimum atomic E-state index is -2.91. The number of amides is 1. The first-order chi connectivity index (χ1) is 10.7. The van der Waals surface area contributed by atoms with Crippen LogP contribution in [0.4, 0.5) is 8.78 Å². The molecule has 0 unspecified atom stereocenters. The first-order valence-corrected chi connectivity index (χ1v) is 7.65. The number of hydrogen-bond acceptors (Lipinski definition) is 2. The van der Waals surface area contributed by atoms with Gasteiger partial charge in [0.2, 0.25) is 0 Å². The molecule has 9 heteroatoms. The topological polar surface area (TPSA) is 71.8 Å². The van der Waals surface area contributed by atoms with Crippen LogP contribution >= 0.6 is 34.8 Å². The summed E-state index contributed by atoms with van der Waals surface area (Å²) in [6.07, 6.45) is -2.61. The Hall–Kier alpha value is -1.37. The summed E-state index contributed by atoms with van der Waals surface area (Å²) in [5.74, 6) is -1.36. The standard InChI is InChI=1S/C14H12Cl3F2N3O/c1-5(2-7-8(16)3-6(15)4-9(7)17)11-10(14(20)23)12(13(18)19)22-21-11/h3-5,13H,2H2,1H3,(H2,20,23)(H,21,22)/t5-/m0/s1. The SMILES string of the molecule is C[C@@H](Cc1c(Cl)cc(Cl)cc1Cl)c1[nH]nc(C(F)F)c1C(N)=O. The number of H-pyrrole nitrogens is 1. The van der Waals surface area contributed by atoms with Crippen LogP contribution in [0.15, 0.2) is 12.1 Å². The van der Waals surface area contributed by atoms with E-state index in [1.165, 1.54) is 12.1 Å². The van der Waals surface area contributed by atoms with E-state index in [2.05, 4.69) is 10.2 Å². The lowest BCUT2D eigenvalue weighted by Gasteiger charge is -2.14. The molecule has 0 spiro atoms. The third-order valence-electron chi connectivity index (χ3n) is 3.38. The van der Waals surface area contributed by atoms with Gasteiger partial charge in [-0.1, -0.05) is 41.7 Å². The minimum absolute atomic E-state index is 0.217. The Morgan fingerprint density at radius 2 is 1.87 bits per heavy atom. The fourth-order valence-corrected chi connectivity index (χ4v) is 3.29. The number of nitrogens with zero attached hydrogens (tertiary/aromatic N) is 1. The first-order valence-electron chi connectivity index (χ1n) is 6.51. The average Bonchev–Trinajstić information content (AvgIpc) is 2.87. The van der Waals surface area contributed by atoms with Crippen molar-refractivity contribution in [2.75, 3.05) is 0 Å². The van der Waals surface area contributed by atoms with Crippen molar-refractivity contribution in [2.24, 2.45) is 5.73 Å². The van der Waals surface area contributed by atoms with Crippen LogP contribution < -0.4 is 5.73 Å². The van der Waals surface area contributed by atoms with E-state index in [9.17, 15) is 13.6 Å². The van der Waals surface area contributed by atoms with Crippen molar-refractivity contribution < 1.29 is 13.6 Å². The van der Waals surface area contributed by atoms with E-state index in [1.807, 2.05) is 0 Å².